The van der Waals surface area contributed by atoms with Gasteiger partial charge in [0.1, 0.15) is 0 Å². The fraction of sp³-hybridized carbons (Fsp3) is 0.368. The van der Waals surface area contributed by atoms with Crippen LogP contribution in [0.4, 0.5) is 0 Å². The lowest BCUT2D eigenvalue weighted by Crippen LogP contribution is -2.23. The van der Waals surface area contributed by atoms with Crippen LogP contribution in [-0.2, 0) is 13.0 Å². The predicted octanol–water partition coefficient (Wildman–Crippen LogP) is 3.57. The average Bonchev–Trinajstić information content (AvgIpc) is 2.48. The van der Waals surface area contributed by atoms with Gasteiger partial charge in [-0.05, 0) is 56.7 Å². The van der Waals surface area contributed by atoms with Crippen LogP contribution in [0.25, 0.3) is 11.1 Å². The minimum absolute atomic E-state index is 0.515. The van der Waals surface area contributed by atoms with E-state index in [9.17, 15) is 0 Å². The summed E-state index contributed by atoms with van der Waals surface area (Å²) in [5.74, 6) is 0. The molecule has 0 aliphatic rings. The molecule has 0 heterocycles. The molecule has 0 aromatic heterocycles. The van der Waals surface area contributed by atoms with Crippen LogP contribution in [0.15, 0.2) is 48.5 Å². The van der Waals surface area contributed by atoms with Gasteiger partial charge in [0.25, 0.3) is 0 Å². The van der Waals surface area contributed by atoms with Crippen molar-refractivity contribution in [2.75, 3.05) is 21.1 Å². The first-order valence-corrected chi connectivity index (χ1v) is 7.58. The molecule has 0 radical (unpaired) electrons. The first-order valence-electron chi connectivity index (χ1n) is 7.58. The van der Waals surface area contributed by atoms with Crippen LogP contribution in [0.5, 0.6) is 0 Å². The van der Waals surface area contributed by atoms with Crippen molar-refractivity contribution >= 4 is 0 Å². The van der Waals surface area contributed by atoms with E-state index >= 15 is 0 Å². The highest BCUT2D eigenvalue weighted by molar-refractivity contribution is 5.64. The van der Waals surface area contributed by atoms with E-state index in [0.29, 0.717) is 6.04 Å². The number of hydrogen-bond donors (Lipinski definition) is 1. The van der Waals surface area contributed by atoms with Gasteiger partial charge in [-0.1, -0.05) is 48.5 Å². The zero-order valence-electron chi connectivity index (χ0n) is 13.6. The third-order valence-electron chi connectivity index (χ3n) is 3.77. The van der Waals surface area contributed by atoms with E-state index < -0.39 is 0 Å². The summed E-state index contributed by atoms with van der Waals surface area (Å²) in [6, 6.07) is 18.3. The van der Waals surface area contributed by atoms with Crippen LogP contribution in [0.3, 0.4) is 0 Å². The Hall–Kier alpha value is -1.64. The van der Waals surface area contributed by atoms with Crippen LogP contribution < -0.4 is 5.32 Å². The predicted molar refractivity (Wildman–Crippen MR) is 91.5 cm³/mol. The number of nitrogens with one attached hydrogen (secondary N) is 1. The molecule has 21 heavy (non-hydrogen) atoms. The van der Waals surface area contributed by atoms with Crippen LogP contribution in [0.1, 0.15) is 18.1 Å². The lowest BCUT2D eigenvalue weighted by atomic mass is 10.0. The normalized spacial score (nSPS) is 12.6. The molecule has 1 unspecified atom stereocenters. The molecule has 0 spiro atoms. The van der Waals surface area contributed by atoms with Crippen molar-refractivity contribution in [1.29, 1.82) is 0 Å². The van der Waals surface area contributed by atoms with E-state index in [1.54, 1.807) is 0 Å². The summed E-state index contributed by atoms with van der Waals surface area (Å²) in [5, 5.41) is 3.28. The Morgan fingerprint density at radius 1 is 0.857 bits per heavy atom. The molecule has 0 amide bonds. The van der Waals surface area contributed by atoms with Gasteiger partial charge in [-0.25, -0.2) is 0 Å². The SMILES string of the molecule is CNC(C)Cc1ccc(-c2ccc(CN(C)C)cc2)cc1. The topological polar surface area (TPSA) is 15.3 Å². The summed E-state index contributed by atoms with van der Waals surface area (Å²) in [5.41, 5.74) is 5.30. The third kappa shape index (κ3) is 4.69. The number of hydrogen-bond acceptors (Lipinski definition) is 2. The van der Waals surface area contributed by atoms with E-state index in [2.05, 4.69) is 79.8 Å². The van der Waals surface area contributed by atoms with E-state index in [4.69, 9.17) is 0 Å². The number of rotatable bonds is 6. The quantitative estimate of drug-likeness (QED) is 0.871. The highest BCUT2D eigenvalue weighted by atomic mass is 15.0. The summed E-state index contributed by atoms with van der Waals surface area (Å²) >= 11 is 0. The van der Waals surface area contributed by atoms with Crippen LogP contribution in [-0.4, -0.2) is 32.1 Å². The molecule has 0 saturated carbocycles. The summed E-state index contributed by atoms with van der Waals surface area (Å²) in [6.07, 6.45) is 1.07. The molecule has 2 rings (SSSR count). The largest absolute Gasteiger partial charge is 0.317 e. The molecular formula is C19H26N2. The highest BCUT2D eigenvalue weighted by Gasteiger charge is 2.02. The molecule has 0 saturated heterocycles. The average molecular weight is 282 g/mol. The van der Waals surface area contributed by atoms with Crippen molar-refractivity contribution in [3.05, 3.63) is 59.7 Å². The number of likely N-dealkylation sites (N-methyl/N-ethyl adjacent to an activating group) is 1. The van der Waals surface area contributed by atoms with Gasteiger partial charge in [0, 0.05) is 12.6 Å². The second kappa shape index (κ2) is 7.39. The first-order chi connectivity index (χ1) is 10.1. The van der Waals surface area contributed by atoms with Gasteiger partial charge >= 0.3 is 0 Å². The minimum Gasteiger partial charge on any atom is -0.317 e. The van der Waals surface area contributed by atoms with Crippen molar-refractivity contribution in [3.8, 4) is 11.1 Å². The van der Waals surface area contributed by atoms with Gasteiger partial charge in [0.2, 0.25) is 0 Å². The Morgan fingerprint density at radius 3 is 1.76 bits per heavy atom. The molecule has 2 aromatic carbocycles. The molecule has 2 heteroatoms. The maximum atomic E-state index is 3.28. The van der Waals surface area contributed by atoms with E-state index in [1.807, 2.05) is 7.05 Å². The Labute approximate surface area is 128 Å². The van der Waals surface area contributed by atoms with Gasteiger partial charge in [0.05, 0.1) is 0 Å². The summed E-state index contributed by atoms with van der Waals surface area (Å²) in [6.45, 7) is 3.19. The zero-order valence-corrected chi connectivity index (χ0v) is 13.6. The fourth-order valence-corrected chi connectivity index (χ4v) is 2.46. The smallest absolute Gasteiger partial charge is 0.0227 e. The molecule has 0 fully saturated rings. The lowest BCUT2D eigenvalue weighted by Gasteiger charge is -2.11. The van der Waals surface area contributed by atoms with Crippen LogP contribution >= 0.6 is 0 Å². The standard InChI is InChI=1S/C19H26N2/c1-15(20-2)13-16-5-9-18(10-6-16)19-11-7-17(8-12-19)14-21(3)4/h5-12,15,20H,13-14H2,1-4H3. The number of benzene rings is 2. The molecule has 0 aliphatic heterocycles. The summed E-state index contributed by atoms with van der Waals surface area (Å²) in [4.78, 5) is 2.19. The van der Waals surface area contributed by atoms with Gasteiger partial charge in [-0.3, -0.25) is 0 Å². The molecule has 0 bridgehead atoms. The zero-order chi connectivity index (χ0) is 15.2. The van der Waals surface area contributed by atoms with E-state index in [1.165, 1.54) is 22.3 Å². The Kier molecular flexibility index (Phi) is 5.54. The van der Waals surface area contributed by atoms with Crippen molar-refractivity contribution < 1.29 is 0 Å². The van der Waals surface area contributed by atoms with Gasteiger partial charge < -0.3 is 10.2 Å². The van der Waals surface area contributed by atoms with Gasteiger partial charge in [-0.15, -0.1) is 0 Å². The molecule has 2 aromatic rings. The first kappa shape index (κ1) is 15.7. The van der Waals surface area contributed by atoms with Gasteiger partial charge in [0.15, 0.2) is 0 Å². The molecule has 2 nitrogen and oxygen atoms in total. The van der Waals surface area contributed by atoms with E-state index in [0.717, 1.165) is 13.0 Å². The maximum Gasteiger partial charge on any atom is 0.0227 e. The number of nitrogens with zero attached hydrogens (tertiary/aromatic N) is 1. The lowest BCUT2D eigenvalue weighted by molar-refractivity contribution is 0.402. The van der Waals surface area contributed by atoms with Crippen molar-refractivity contribution in [1.82, 2.24) is 10.2 Å². The van der Waals surface area contributed by atoms with Gasteiger partial charge in [-0.2, -0.15) is 0 Å². The Morgan fingerprint density at radius 2 is 1.33 bits per heavy atom. The summed E-state index contributed by atoms with van der Waals surface area (Å²) in [7, 11) is 6.20. The molecule has 112 valence electrons. The van der Waals surface area contributed by atoms with Crippen LogP contribution in [0.2, 0.25) is 0 Å². The Balaban J connectivity index is 2.08. The second-order valence-corrected chi connectivity index (χ2v) is 6.03. The third-order valence-corrected chi connectivity index (χ3v) is 3.77. The summed E-state index contributed by atoms with van der Waals surface area (Å²) < 4.78 is 0. The highest BCUT2D eigenvalue weighted by Crippen LogP contribution is 2.21. The fourth-order valence-electron chi connectivity index (χ4n) is 2.46. The maximum absolute atomic E-state index is 3.28. The Bertz CT molecular complexity index is 541. The monoisotopic (exact) mass is 282 g/mol. The van der Waals surface area contributed by atoms with Crippen molar-refractivity contribution in [3.63, 3.8) is 0 Å². The molecule has 0 aliphatic carbocycles. The molecule has 1 atom stereocenters. The van der Waals surface area contributed by atoms with E-state index in [-0.39, 0.29) is 0 Å². The second-order valence-electron chi connectivity index (χ2n) is 6.03. The molecule has 1 N–H and O–H groups in total. The minimum atomic E-state index is 0.515. The van der Waals surface area contributed by atoms with Crippen molar-refractivity contribution in [2.24, 2.45) is 0 Å². The van der Waals surface area contributed by atoms with Crippen LogP contribution in [0, 0.1) is 0 Å². The molecular weight excluding hydrogens is 256 g/mol. The van der Waals surface area contributed by atoms with Crippen molar-refractivity contribution in [2.45, 2.75) is 25.9 Å².